The van der Waals surface area contributed by atoms with E-state index >= 15 is 0 Å². The largest absolute Gasteiger partial charge is 0.673 e. The van der Waals surface area contributed by atoms with Gasteiger partial charge in [-0.3, -0.25) is 0 Å². The van der Waals surface area contributed by atoms with Gasteiger partial charge in [0.2, 0.25) is 0 Å². The molecule has 0 bridgehead atoms. The molecule has 0 saturated heterocycles. The topological polar surface area (TPSA) is 17.3 Å². The molecule has 1 rings (SSSR count). The van der Waals surface area contributed by atoms with E-state index in [0.717, 1.165) is 6.67 Å². The van der Waals surface area contributed by atoms with Crippen molar-refractivity contribution in [2.24, 2.45) is 0 Å². The molecular formula is C4H7N2-. The molecule has 1 aliphatic heterocycles. The Kier molecular flexibility index (Phi) is 0.708. The van der Waals surface area contributed by atoms with Crippen molar-refractivity contribution in [2.75, 3.05) is 13.7 Å². The second-order valence-corrected chi connectivity index (χ2v) is 1.38. The summed E-state index contributed by atoms with van der Waals surface area (Å²) in [6.45, 7) is 0.833. The summed E-state index contributed by atoms with van der Waals surface area (Å²) in [5.41, 5.74) is 0. The lowest BCUT2D eigenvalue weighted by Crippen LogP contribution is -2.03. The lowest BCUT2D eigenvalue weighted by molar-refractivity contribution is 0.523. The third-order valence-corrected chi connectivity index (χ3v) is 0.731. The molecule has 1 aliphatic rings. The van der Waals surface area contributed by atoms with E-state index in [1.807, 2.05) is 18.1 Å². The minimum Gasteiger partial charge on any atom is -0.673 e. The summed E-state index contributed by atoms with van der Waals surface area (Å²) in [6.07, 6.45) is 3.75. The highest BCUT2D eigenvalue weighted by molar-refractivity contribution is 5.05. The van der Waals surface area contributed by atoms with Crippen molar-refractivity contribution in [3.63, 3.8) is 0 Å². The Morgan fingerprint density at radius 1 is 1.83 bits per heavy atom. The molecule has 0 fully saturated rings. The van der Waals surface area contributed by atoms with Gasteiger partial charge >= 0.3 is 0 Å². The molecule has 0 aromatic carbocycles. The second-order valence-electron chi connectivity index (χ2n) is 1.38. The van der Waals surface area contributed by atoms with Crippen LogP contribution < -0.4 is 0 Å². The summed E-state index contributed by atoms with van der Waals surface area (Å²) in [4.78, 5) is 2.01. The van der Waals surface area contributed by atoms with Crippen molar-refractivity contribution < 1.29 is 0 Å². The molecule has 0 aromatic heterocycles. The Morgan fingerprint density at radius 3 is 2.83 bits per heavy atom. The van der Waals surface area contributed by atoms with Gasteiger partial charge < -0.3 is 10.2 Å². The summed E-state index contributed by atoms with van der Waals surface area (Å²) in [7, 11) is 1.99. The molecule has 2 nitrogen and oxygen atoms in total. The number of hydrogen-bond acceptors (Lipinski definition) is 1. The van der Waals surface area contributed by atoms with Gasteiger partial charge in [-0.15, -0.1) is 0 Å². The standard InChI is InChI=1S/C4H7N2/c1-6-3-2-5-4-6/h2-3H,4H2,1H3/q-1. The van der Waals surface area contributed by atoms with Crippen LogP contribution in [0.15, 0.2) is 12.4 Å². The Balaban J connectivity index is 2.38. The summed E-state index contributed by atoms with van der Waals surface area (Å²) in [5, 5.41) is 3.91. The van der Waals surface area contributed by atoms with Crippen molar-refractivity contribution >= 4 is 0 Å². The maximum Gasteiger partial charge on any atom is 0.00406 e. The van der Waals surface area contributed by atoms with Crippen LogP contribution in [-0.4, -0.2) is 18.6 Å². The lowest BCUT2D eigenvalue weighted by atomic mass is 10.9. The van der Waals surface area contributed by atoms with Gasteiger partial charge in [0.1, 0.15) is 0 Å². The van der Waals surface area contributed by atoms with Crippen LogP contribution in [0.25, 0.3) is 5.32 Å². The van der Waals surface area contributed by atoms with Crippen LogP contribution in [0.4, 0.5) is 0 Å². The summed E-state index contributed by atoms with van der Waals surface area (Å²) in [6, 6.07) is 0. The van der Waals surface area contributed by atoms with E-state index in [0.29, 0.717) is 0 Å². The summed E-state index contributed by atoms with van der Waals surface area (Å²) < 4.78 is 0. The molecule has 0 radical (unpaired) electrons. The highest BCUT2D eigenvalue weighted by Gasteiger charge is 1.79. The number of hydrogen-bond donors (Lipinski definition) is 0. The van der Waals surface area contributed by atoms with Gasteiger partial charge in [0.25, 0.3) is 0 Å². The van der Waals surface area contributed by atoms with Crippen molar-refractivity contribution in [1.82, 2.24) is 4.90 Å². The van der Waals surface area contributed by atoms with Crippen LogP contribution in [-0.2, 0) is 0 Å². The molecule has 2 heteroatoms. The van der Waals surface area contributed by atoms with Crippen LogP contribution in [0.1, 0.15) is 0 Å². The van der Waals surface area contributed by atoms with E-state index in [2.05, 4.69) is 5.32 Å². The third kappa shape index (κ3) is 0.455. The smallest absolute Gasteiger partial charge is 0.00406 e. The molecule has 34 valence electrons. The van der Waals surface area contributed by atoms with Crippen molar-refractivity contribution in [3.05, 3.63) is 17.7 Å². The van der Waals surface area contributed by atoms with Crippen LogP contribution >= 0.6 is 0 Å². The average molecular weight is 83.1 g/mol. The zero-order chi connectivity index (χ0) is 4.41. The molecule has 0 aromatic rings. The van der Waals surface area contributed by atoms with Gasteiger partial charge in [-0.2, -0.15) is 6.20 Å². The normalized spacial score (nSPS) is 18.5. The van der Waals surface area contributed by atoms with E-state index in [9.17, 15) is 0 Å². The fraction of sp³-hybridized carbons (Fsp3) is 0.500. The Bertz CT molecular complexity index is 67.9. The SMILES string of the molecule is CN1C=C[N-]C1. The van der Waals surface area contributed by atoms with Crippen LogP contribution in [0.3, 0.4) is 0 Å². The first-order valence-corrected chi connectivity index (χ1v) is 1.93. The fourth-order valence-electron chi connectivity index (χ4n) is 0.384. The molecular weight excluding hydrogens is 76.1 g/mol. The van der Waals surface area contributed by atoms with Crippen molar-refractivity contribution in [3.8, 4) is 0 Å². The van der Waals surface area contributed by atoms with Crippen molar-refractivity contribution in [2.45, 2.75) is 0 Å². The van der Waals surface area contributed by atoms with E-state index < -0.39 is 0 Å². The van der Waals surface area contributed by atoms with E-state index in [-0.39, 0.29) is 0 Å². The molecule has 0 N–H and O–H groups in total. The molecule has 0 aliphatic carbocycles. The maximum absolute atomic E-state index is 3.91. The molecule has 6 heavy (non-hydrogen) atoms. The first kappa shape index (κ1) is 3.53. The summed E-state index contributed by atoms with van der Waals surface area (Å²) >= 11 is 0. The van der Waals surface area contributed by atoms with Gasteiger partial charge in [-0.1, -0.05) is 6.67 Å². The monoisotopic (exact) mass is 83.1 g/mol. The first-order chi connectivity index (χ1) is 2.89. The predicted molar refractivity (Wildman–Crippen MR) is 25.1 cm³/mol. The average Bonchev–Trinajstić information content (AvgIpc) is 1.86. The highest BCUT2D eigenvalue weighted by Crippen LogP contribution is 2.00. The molecule has 0 saturated carbocycles. The highest BCUT2D eigenvalue weighted by atomic mass is 15.2. The number of rotatable bonds is 0. The van der Waals surface area contributed by atoms with Crippen LogP contribution in [0.5, 0.6) is 0 Å². The molecule has 0 amide bonds. The molecule has 0 atom stereocenters. The van der Waals surface area contributed by atoms with Gasteiger partial charge in [0, 0.05) is 7.05 Å². The minimum absolute atomic E-state index is 0.833. The summed E-state index contributed by atoms with van der Waals surface area (Å²) in [5.74, 6) is 0. The van der Waals surface area contributed by atoms with E-state index in [1.54, 1.807) is 6.20 Å². The van der Waals surface area contributed by atoms with Gasteiger partial charge in [-0.25, -0.2) is 0 Å². The van der Waals surface area contributed by atoms with Crippen LogP contribution in [0.2, 0.25) is 0 Å². The maximum atomic E-state index is 3.91. The second kappa shape index (κ2) is 1.20. The Labute approximate surface area is 37.4 Å². The Hall–Kier alpha value is -0.660. The minimum atomic E-state index is 0.833. The van der Waals surface area contributed by atoms with E-state index in [4.69, 9.17) is 0 Å². The van der Waals surface area contributed by atoms with E-state index in [1.165, 1.54) is 0 Å². The van der Waals surface area contributed by atoms with Crippen LogP contribution in [0, 0.1) is 0 Å². The Morgan fingerprint density at radius 2 is 2.67 bits per heavy atom. The van der Waals surface area contributed by atoms with Crippen molar-refractivity contribution in [1.29, 1.82) is 0 Å². The lowest BCUT2D eigenvalue weighted by Gasteiger charge is -2.12. The van der Waals surface area contributed by atoms with Gasteiger partial charge in [0.15, 0.2) is 0 Å². The third-order valence-electron chi connectivity index (χ3n) is 0.731. The molecule has 0 spiro atoms. The zero-order valence-corrected chi connectivity index (χ0v) is 3.76. The van der Waals surface area contributed by atoms with Gasteiger partial charge in [-0.05, 0) is 6.20 Å². The zero-order valence-electron chi connectivity index (χ0n) is 3.76. The molecule has 0 unspecified atom stereocenters. The first-order valence-electron chi connectivity index (χ1n) is 1.93. The quantitative estimate of drug-likeness (QED) is 0.422. The van der Waals surface area contributed by atoms with Gasteiger partial charge in [0.05, 0.1) is 0 Å². The number of nitrogens with zero attached hydrogens (tertiary/aromatic N) is 2. The fourth-order valence-corrected chi connectivity index (χ4v) is 0.384. The predicted octanol–water partition coefficient (Wildman–Crippen LogP) is 0.734. The molecule has 1 heterocycles.